The molecule has 0 aliphatic carbocycles. The number of nitrogens with one attached hydrogen (secondary N) is 1. The van der Waals surface area contributed by atoms with E-state index in [0.717, 1.165) is 42.3 Å². The minimum absolute atomic E-state index is 0.190. The Balaban J connectivity index is 1.46. The summed E-state index contributed by atoms with van der Waals surface area (Å²) >= 11 is 0. The van der Waals surface area contributed by atoms with E-state index in [1.165, 1.54) is 12.1 Å². The van der Waals surface area contributed by atoms with Crippen LogP contribution < -0.4 is 0 Å². The van der Waals surface area contributed by atoms with Crippen molar-refractivity contribution in [2.45, 2.75) is 19.0 Å². The Morgan fingerprint density at radius 1 is 1.18 bits per heavy atom. The minimum atomic E-state index is -0.190. The van der Waals surface area contributed by atoms with Gasteiger partial charge in [0.1, 0.15) is 17.3 Å². The third-order valence-corrected chi connectivity index (χ3v) is 4.17. The molecule has 1 aliphatic heterocycles. The maximum atomic E-state index is 13.0. The van der Waals surface area contributed by atoms with Gasteiger partial charge in [0, 0.05) is 18.8 Å². The molecule has 112 valence electrons. The highest BCUT2D eigenvalue weighted by atomic mass is 19.1. The van der Waals surface area contributed by atoms with Crippen molar-refractivity contribution in [1.29, 1.82) is 0 Å². The van der Waals surface area contributed by atoms with Gasteiger partial charge in [-0.3, -0.25) is 10.00 Å². The van der Waals surface area contributed by atoms with Gasteiger partial charge >= 0.3 is 0 Å². The quantitative estimate of drug-likeness (QED) is 0.797. The van der Waals surface area contributed by atoms with Crippen molar-refractivity contribution in [2.75, 3.05) is 6.54 Å². The van der Waals surface area contributed by atoms with Crippen LogP contribution in [0.5, 0.6) is 0 Å². The molecular formula is C17H16FN3O. The summed E-state index contributed by atoms with van der Waals surface area (Å²) in [6.45, 7) is 1.79. The molecule has 1 aromatic carbocycles. The Kier molecular flexibility index (Phi) is 3.27. The average Bonchev–Trinajstić information content (AvgIpc) is 3.17. The van der Waals surface area contributed by atoms with Gasteiger partial charge in [-0.2, -0.15) is 5.10 Å². The molecule has 0 amide bonds. The van der Waals surface area contributed by atoms with Gasteiger partial charge in [0.2, 0.25) is 0 Å². The Morgan fingerprint density at radius 2 is 2.05 bits per heavy atom. The minimum Gasteiger partial charge on any atom is -0.458 e. The number of likely N-dealkylation sites (tertiary alicyclic amines) is 1. The monoisotopic (exact) mass is 297 g/mol. The Morgan fingerprint density at radius 3 is 2.73 bits per heavy atom. The maximum Gasteiger partial charge on any atom is 0.152 e. The van der Waals surface area contributed by atoms with Crippen LogP contribution in [0, 0.1) is 5.82 Å². The highest BCUT2D eigenvalue weighted by molar-refractivity contribution is 5.51. The molecule has 0 radical (unpaired) electrons. The smallest absolute Gasteiger partial charge is 0.152 e. The van der Waals surface area contributed by atoms with E-state index in [-0.39, 0.29) is 5.82 Å². The molecule has 5 heteroatoms. The predicted molar refractivity (Wildman–Crippen MR) is 80.5 cm³/mol. The summed E-state index contributed by atoms with van der Waals surface area (Å²) in [4.78, 5) is 2.34. The molecule has 0 spiro atoms. The van der Waals surface area contributed by atoms with Crippen LogP contribution in [0.15, 0.2) is 53.1 Å². The number of rotatable bonds is 4. The second-order valence-corrected chi connectivity index (χ2v) is 5.56. The lowest BCUT2D eigenvalue weighted by atomic mass is 9.94. The van der Waals surface area contributed by atoms with Crippen LogP contribution >= 0.6 is 0 Å². The van der Waals surface area contributed by atoms with Gasteiger partial charge in [-0.1, -0.05) is 12.1 Å². The number of aromatic amines is 1. The van der Waals surface area contributed by atoms with Gasteiger partial charge in [-0.25, -0.2) is 4.39 Å². The molecule has 0 saturated carbocycles. The van der Waals surface area contributed by atoms with Crippen molar-refractivity contribution in [3.05, 3.63) is 65.8 Å². The number of benzene rings is 1. The zero-order valence-electron chi connectivity index (χ0n) is 12.0. The van der Waals surface area contributed by atoms with Crippen molar-refractivity contribution in [3.8, 4) is 11.5 Å². The molecule has 1 N–H and O–H groups in total. The first-order valence-corrected chi connectivity index (χ1v) is 7.37. The lowest BCUT2D eigenvalue weighted by Gasteiger charge is -2.40. The summed E-state index contributed by atoms with van der Waals surface area (Å²) in [6.07, 6.45) is 2.80. The fourth-order valence-corrected chi connectivity index (χ4v) is 2.89. The molecule has 4 rings (SSSR count). The number of halogens is 1. The molecule has 3 aromatic rings. The van der Waals surface area contributed by atoms with Crippen molar-refractivity contribution in [3.63, 3.8) is 0 Å². The van der Waals surface area contributed by atoms with Crippen LogP contribution in [-0.4, -0.2) is 21.6 Å². The van der Waals surface area contributed by atoms with E-state index in [4.69, 9.17) is 4.42 Å². The Bertz CT molecular complexity index is 749. The third-order valence-electron chi connectivity index (χ3n) is 4.17. The number of furan rings is 1. The number of hydrogen-bond acceptors (Lipinski definition) is 3. The molecule has 4 nitrogen and oxygen atoms in total. The van der Waals surface area contributed by atoms with Gasteiger partial charge in [0.25, 0.3) is 0 Å². The second kappa shape index (κ2) is 5.42. The van der Waals surface area contributed by atoms with Crippen LogP contribution in [0.1, 0.15) is 23.8 Å². The predicted octanol–water partition coefficient (Wildman–Crippen LogP) is 3.76. The standard InChI is InChI=1S/C17H16FN3O/c18-13-3-1-12(2-4-13)16-8-10-21(16)11-14-5-6-17(22-14)15-7-9-19-20-15/h1-7,9,16H,8,10-11H2,(H,19,20)/t16-/m1/s1. The molecule has 22 heavy (non-hydrogen) atoms. The summed E-state index contributed by atoms with van der Waals surface area (Å²) in [5.41, 5.74) is 2.04. The van der Waals surface area contributed by atoms with Gasteiger partial charge in [0.15, 0.2) is 5.76 Å². The topological polar surface area (TPSA) is 45.1 Å². The van der Waals surface area contributed by atoms with E-state index in [9.17, 15) is 4.39 Å². The highest BCUT2D eigenvalue weighted by Crippen LogP contribution is 2.35. The molecular weight excluding hydrogens is 281 g/mol. The van der Waals surface area contributed by atoms with Gasteiger partial charge < -0.3 is 4.42 Å². The first-order chi connectivity index (χ1) is 10.8. The van der Waals surface area contributed by atoms with Crippen LogP contribution in [-0.2, 0) is 6.54 Å². The molecule has 1 fully saturated rings. The fourth-order valence-electron chi connectivity index (χ4n) is 2.89. The van der Waals surface area contributed by atoms with Crippen LogP contribution in [0.4, 0.5) is 4.39 Å². The molecule has 3 heterocycles. The SMILES string of the molecule is Fc1ccc([C@H]2CCN2Cc2ccc(-c3ccn[nH]3)o2)cc1. The molecule has 0 unspecified atom stereocenters. The number of H-pyrrole nitrogens is 1. The van der Waals surface area contributed by atoms with Crippen LogP contribution in [0.2, 0.25) is 0 Å². The first-order valence-electron chi connectivity index (χ1n) is 7.37. The average molecular weight is 297 g/mol. The fraction of sp³-hybridized carbons (Fsp3) is 0.235. The van der Waals surface area contributed by atoms with E-state index >= 15 is 0 Å². The van der Waals surface area contributed by atoms with Crippen molar-refractivity contribution >= 4 is 0 Å². The van der Waals surface area contributed by atoms with Crippen molar-refractivity contribution in [1.82, 2.24) is 15.1 Å². The van der Waals surface area contributed by atoms with Crippen LogP contribution in [0.25, 0.3) is 11.5 Å². The van der Waals surface area contributed by atoms with E-state index in [2.05, 4.69) is 15.1 Å². The van der Waals surface area contributed by atoms with E-state index in [0.29, 0.717) is 6.04 Å². The molecule has 0 bridgehead atoms. The van der Waals surface area contributed by atoms with Crippen LogP contribution in [0.3, 0.4) is 0 Å². The zero-order chi connectivity index (χ0) is 14.9. The van der Waals surface area contributed by atoms with E-state index in [1.807, 2.05) is 30.3 Å². The normalized spacial score (nSPS) is 18.3. The van der Waals surface area contributed by atoms with Crippen molar-refractivity contribution < 1.29 is 8.81 Å². The molecule has 1 atom stereocenters. The lowest BCUT2D eigenvalue weighted by molar-refractivity contribution is 0.0739. The summed E-state index contributed by atoms with van der Waals surface area (Å²) in [6, 6.07) is 13.0. The molecule has 2 aromatic heterocycles. The zero-order valence-corrected chi connectivity index (χ0v) is 12.0. The second-order valence-electron chi connectivity index (χ2n) is 5.56. The summed E-state index contributed by atoms with van der Waals surface area (Å²) < 4.78 is 18.9. The summed E-state index contributed by atoms with van der Waals surface area (Å²) in [7, 11) is 0. The Hall–Kier alpha value is -2.40. The first kappa shape index (κ1) is 13.3. The van der Waals surface area contributed by atoms with Crippen molar-refractivity contribution in [2.24, 2.45) is 0 Å². The lowest BCUT2D eigenvalue weighted by Crippen LogP contribution is -2.40. The third kappa shape index (κ3) is 2.44. The number of nitrogens with zero attached hydrogens (tertiary/aromatic N) is 2. The summed E-state index contributed by atoms with van der Waals surface area (Å²) in [5.74, 6) is 1.53. The number of hydrogen-bond donors (Lipinski definition) is 1. The van der Waals surface area contributed by atoms with E-state index < -0.39 is 0 Å². The maximum absolute atomic E-state index is 13.0. The van der Waals surface area contributed by atoms with Gasteiger partial charge in [-0.15, -0.1) is 0 Å². The summed E-state index contributed by atoms with van der Waals surface area (Å²) in [5, 5.41) is 6.82. The highest BCUT2D eigenvalue weighted by Gasteiger charge is 2.30. The van der Waals surface area contributed by atoms with Gasteiger partial charge in [-0.05, 0) is 42.3 Å². The molecule has 1 saturated heterocycles. The van der Waals surface area contributed by atoms with Gasteiger partial charge in [0.05, 0.1) is 6.54 Å². The largest absolute Gasteiger partial charge is 0.458 e. The Labute approximate surface area is 127 Å². The molecule has 1 aliphatic rings. The number of aromatic nitrogens is 2. The van der Waals surface area contributed by atoms with E-state index in [1.54, 1.807) is 6.20 Å².